The molecular weight excluding hydrogens is 232 g/mol. The molecule has 0 aromatic carbocycles. The van der Waals surface area contributed by atoms with E-state index in [1.165, 1.54) is 0 Å². The maximum atomic E-state index is 11.6. The van der Waals surface area contributed by atoms with Gasteiger partial charge in [0, 0.05) is 19.3 Å². The number of pyridine rings is 1. The van der Waals surface area contributed by atoms with Crippen LogP contribution < -0.4 is 16.4 Å². The molecule has 6 heteroatoms. The van der Waals surface area contributed by atoms with Gasteiger partial charge < -0.3 is 16.4 Å². The van der Waals surface area contributed by atoms with Crippen molar-refractivity contribution in [2.75, 3.05) is 13.1 Å². The Hall–Kier alpha value is -1.95. The fourth-order valence-electron chi connectivity index (χ4n) is 1.26. The number of carbonyl (C=O) groups excluding carboxylic acids is 2. The number of aromatic nitrogens is 1. The molecule has 1 heterocycles. The minimum Gasteiger partial charge on any atom is -0.355 e. The molecule has 0 bridgehead atoms. The van der Waals surface area contributed by atoms with Gasteiger partial charge in [0.2, 0.25) is 5.91 Å². The molecule has 0 fully saturated rings. The van der Waals surface area contributed by atoms with Crippen molar-refractivity contribution in [3.05, 3.63) is 29.6 Å². The normalized spacial score (nSPS) is 9.89. The van der Waals surface area contributed by atoms with Crippen molar-refractivity contribution in [2.24, 2.45) is 5.73 Å². The van der Waals surface area contributed by atoms with Crippen molar-refractivity contribution in [3.63, 3.8) is 0 Å². The van der Waals surface area contributed by atoms with E-state index < -0.39 is 0 Å². The van der Waals surface area contributed by atoms with Gasteiger partial charge in [-0.3, -0.25) is 14.6 Å². The first-order valence-electron chi connectivity index (χ1n) is 5.87. The molecule has 0 saturated carbocycles. The zero-order chi connectivity index (χ0) is 13.4. The molecule has 0 aliphatic heterocycles. The number of nitrogens with one attached hydrogen (secondary N) is 2. The van der Waals surface area contributed by atoms with Gasteiger partial charge in [-0.1, -0.05) is 13.0 Å². The Morgan fingerprint density at radius 1 is 1.33 bits per heavy atom. The summed E-state index contributed by atoms with van der Waals surface area (Å²) in [7, 11) is 0. The lowest BCUT2D eigenvalue weighted by atomic mass is 10.2. The third-order valence-corrected chi connectivity index (χ3v) is 2.27. The molecule has 0 saturated heterocycles. The minimum absolute atomic E-state index is 0.0425. The number of hydrogen-bond donors (Lipinski definition) is 3. The third kappa shape index (κ3) is 4.50. The lowest BCUT2D eigenvalue weighted by Crippen LogP contribution is -2.37. The number of nitrogens with zero attached hydrogens (tertiary/aromatic N) is 1. The van der Waals surface area contributed by atoms with E-state index in [0.29, 0.717) is 13.1 Å². The van der Waals surface area contributed by atoms with Crippen molar-refractivity contribution < 1.29 is 9.59 Å². The van der Waals surface area contributed by atoms with Crippen LogP contribution in [0.4, 0.5) is 0 Å². The quantitative estimate of drug-likeness (QED) is 0.651. The van der Waals surface area contributed by atoms with Crippen LogP contribution in [0.5, 0.6) is 0 Å². The predicted molar refractivity (Wildman–Crippen MR) is 67.8 cm³/mol. The summed E-state index contributed by atoms with van der Waals surface area (Å²) in [5.41, 5.74) is 6.55. The first-order chi connectivity index (χ1) is 8.67. The smallest absolute Gasteiger partial charge is 0.270 e. The molecule has 18 heavy (non-hydrogen) atoms. The molecule has 6 nitrogen and oxygen atoms in total. The summed E-state index contributed by atoms with van der Waals surface area (Å²) in [6.45, 7) is 2.91. The monoisotopic (exact) mass is 250 g/mol. The Morgan fingerprint density at radius 3 is 2.67 bits per heavy atom. The zero-order valence-electron chi connectivity index (χ0n) is 10.4. The molecule has 4 N–H and O–H groups in total. The Kier molecular flexibility index (Phi) is 5.79. The van der Waals surface area contributed by atoms with Crippen LogP contribution in [0, 0.1) is 0 Å². The number of nitrogens with two attached hydrogens (primary N) is 1. The van der Waals surface area contributed by atoms with Gasteiger partial charge in [-0.25, -0.2) is 0 Å². The molecule has 1 aromatic rings. The van der Waals surface area contributed by atoms with Crippen LogP contribution in [0.1, 0.15) is 29.4 Å². The number of carbonyl (C=O) groups is 2. The second kappa shape index (κ2) is 7.39. The molecule has 0 radical (unpaired) electrons. The molecule has 0 aliphatic rings. The van der Waals surface area contributed by atoms with Crippen molar-refractivity contribution in [1.29, 1.82) is 0 Å². The van der Waals surface area contributed by atoms with E-state index in [4.69, 9.17) is 5.73 Å². The van der Waals surface area contributed by atoms with Crippen molar-refractivity contribution in [1.82, 2.24) is 15.6 Å². The molecule has 0 unspecified atom stereocenters. The molecule has 2 amide bonds. The van der Waals surface area contributed by atoms with Gasteiger partial charge in [0.25, 0.3) is 5.91 Å². The highest BCUT2D eigenvalue weighted by Crippen LogP contribution is 1.98. The van der Waals surface area contributed by atoms with E-state index in [9.17, 15) is 9.59 Å². The first-order valence-corrected chi connectivity index (χ1v) is 5.87. The SMILES string of the molecule is CCCNC(=O)CNC(=O)c1ccc(CN)cn1. The van der Waals surface area contributed by atoms with Crippen LogP contribution in [0.3, 0.4) is 0 Å². The van der Waals surface area contributed by atoms with E-state index in [1.807, 2.05) is 6.92 Å². The maximum Gasteiger partial charge on any atom is 0.270 e. The Morgan fingerprint density at radius 2 is 2.11 bits per heavy atom. The summed E-state index contributed by atoms with van der Waals surface area (Å²) in [6.07, 6.45) is 2.41. The molecular formula is C12H18N4O2. The zero-order valence-corrected chi connectivity index (χ0v) is 10.4. The highest BCUT2D eigenvalue weighted by molar-refractivity contribution is 5.94. The largest absolute Gasteiger partial charge is 0.355 e. The standard InChI is InChI=1S/C12H18N4O2/c1-2-5-14-11(17)8-16-12(18)10-4-3-9(6-13)7-15-10/h3-4,7H,2,5-6,8,13H2,1H3,(H,14,17)(H,16,18). The fourth-order valence-corrected chi connectivity index (χ4v) is 1.26. The summed E-state index contributed by atoms with van der Waals surface area (Å²) in [5.74, 6) is -0.575. The average Bonchev–Trinajstić information content (AvgIpc) is 2.42. The van der Waals surface area contributed by atoms with Crippen LogP contribution in [-0.4, -0.2) is 29.9 Å². The van der Waals surface area contributed by atoms with Gasteiger partial charge in [-0.2, -0.15) is 0 Å². The molecule has 1 aromatic heterocycles. The lowest BCUT2D eigenvalue weighted by molar-refractivity contribution is -0.120. The van der Waals surface area contributed by atoms with Gasteiger partial charge in [-0.05, 0) is 18.1 Å². The second-order valence-corrected chi connectivity index (χ2v) is 3.79. The topological polar surface area (TPSA) is 97.1 Å². The van der Waals surface area contributed by atoms with Crippen molar-refractivity contribution >= 4 is 11.8 Å². The van der Waals surface area contributed by atoms with Gasteiger partial charge in [0.1, 0.15) is 5.69 Å². The van der Waals surface area contributed by atoms with E-state index in [1.54, 1.807) is 18.3 Å². The first kappa shape index (κ1) is 14.1. The van der Waals surface area contributed by atoms with Gasteiger partial charge in [0.15, 0.2) is 0 Å². The molecule has 0 atom stereocenters. The van der Waals surface area contributed by atoms with Crippen LogP contribution in [0.25, 0.3) is 0 Å². The van der Waals surface area contributed by atoms with Crippen LogP contribution in [-0.2, 0) is 11.3 Å². The minimum atomic E-state index is -0.370. The summed E-state index contributed by atoms with van der Waals surface area (Å²) < 4.78 is 0. The van der Waals surface area contributed by atoms with E-state index in [-0.39, 0.29) is 24.1 Å². The molecule has 0 aliphatic carbocycles. The van der Waals surface area contributed by atoms with Gasteiger partial charge >= 0.3 is 0 Å². The van der Waals surface area contributed by atoms with E-state index in [0.717, 1.165) is 12.0 Å². The Labute approximate surface area is 106 Å². The summed E-state index contributed by atoms with van der Waals surface area (Å²) in [6, 6.07) is 3.32. The number of rotatable bonds is 6. The molecule has 0 spiro atoms. The number of hydrogen-bond acceptors (Lipinski definition) is 4. The highest BCUT2D eigenvalue weighted by atomic mass is 16.2. The number of amides is 2. The van der Waals surface area contributed by atoms with Crippen LogP contribution in [0.15, 0.2) is 18.3 Å². The predicted octanol–water partition coefficient (Wildman–Crippen LogP) is -0.204. The second-order valence-electron chi connectivity index (χ2n) is 3.79. The Balaban J connectivity index is 2.42. The van der Waals surface area contributed by atoms with E-state index >= 15 is 0 Å². The maximum absolute atomic E-state index is 11.6. The van der Waals surface area contributed by atoms with Crippen LogP contribution >= 0.6 is 0 Å². The Bertz CT molecular complexity index is 403. The van der Waals surface area contributed by atoms with Gasteiger partial charge in [-0.15, -0.1) is 0 Å². The molecule has 98 valence electrons. The summed E-state index contributed by atoms with van der Waals surface area (Å²) in [4.78, 5) is 26.9. The summed E-state index contributed by atoms with van der Waals surface area (Å²) >= 11 is 0. The third-order valence-electron chi connectivity index (χ3n) is 2.27. The summed E-state index contributed by atoms with van der Waals surface area (Å²) in [5, 5.41) is 5.17. The lowest BCUT2D eigenvalue weighted by Gasteiger charge is -2.05. The van der Waals surface area contributed by atoms with Crippen molar-refractivity contribution in [3.8, 4) is 0 Å². The fraction of sp³-hybridized carbons (Fsp3) is 0.417. The molecule has 1 rings (SSSR count). The van der Waals surface area contributed by atoms with E-state index in [2.05, 4.69) is 15.6 Å². The van der Waals surface area contributed by atoms with Crippen LogP contribution in [0.2, 0.25) is 0 Å². The average molecular weight is 250 g/mol. The van der Waals surface area contributed by atoms with Crippen molar-refractivity contribution in [2.45, 2.75) is 19.9 Å². The highest BCUT2D eigenvalue weighted by Gasteiger charge is 2.08. The van der Waals surface area contributed by atoms with Gasteiger partial charge in [0.05, 0.1) is 6.54 Å².